The molecule has 1 aromatic carbocycles. The molecule has 0 unspecified atom stereocenters. The summed E-state index contributed by atoms with van der Waals surface area (Å²) in [6, 6.07) is 8.26. The minimum Gasteiger partial charge on any atom is -0.487 e. The van der Waals surface area contributed by atoms with Gasteiger partial charge in [-0.15, -0.1) is 0 Å². The van der Waals surface area contributed by atoms with Crippen LogP contribution < -0.4 is 4.74 Å². The Balaban J connectivity index is 1.46. The minimum atomic E-state index is -0.301. The summed E-state index contributed by atoms with van der Waals surface area (Å²) in [4.78, 5) is 31.5. The average Bonchev–Trinajstić information content (AvgIpc) is 2.80. The van der Waals surface area contributed by atoms with Crippen LogP contribution in [0.3, 0.4) is 0 Å². The standard InChI is InChI=1S/C24H35N3O4/c1-3-25(4-2)22(28)17-19-18-24(31-21-8-6-5-7-20(19)21)9-11-26(12-10-24)23(29)27-13-15-30-16-14-27/h5-8,19H,3-4,9-18H2,1-2H3/t19-/m1/s1. The number of para-hydroxylation sites is 1. The number of ether oxygens (including phenoxy) is 2. The highest BCUT2D eigenvalue weighted by atomic mass is 16.5. The zero-order valence-corrected chi connectivity index (χ0v) is 18.8. The van der Waals surface area contributed by atoms with Crippen LogP contribution in [0, 0.1) is 0 Å². The Kier molecular flexibility index (Phi) is 6.70. The van der Waals surface area contributed by atoms with E-state index in [1.54, 1.807) is 0 Å². The zero-order valence-electron chi connectivity index (χ0n) is 18.8. The highest BCUT2D eigenvalue weighted by molar-refractivity contribution is 5.77. The van der Waals surface area contributed by atoms with E-state index in [0.29, 0.717) is 45.8 Å². The molecule has 0 aromatic heterocycles. The van der Waals surface area contributed by atoms with Crippen molar-refractivity contribution in [3.8, 4) is 5.75 Å². The quantitative estimate of drug-likeness (QED) is 0.738. The van der Waals surface area contributed by atoms with Crippen LogP contribution in [0.25, 0.3) is 0 Å². The number of fused-ring (bicyclic) bond motifs is 1. The maximum atomic E-state index is 12.9. The number of nitrogens with zero attached hydrogens (tertiary/aromatic N) is 3. The minimum absolute atomic E-state index is 0.114. The molecule has 2 fully saturated rings. The lowest BCUT2D eigenvalue weighted by Gasteiger charge is -2.47. The summed E-state index contributed by atoms with van der Waals surface area (Å²) >= 11 is 0. The number of likely N-dealkylation sites (tertiary alicyclic amines) is 1. The fourth-order valence-electron chi connectivity index (χ4n) is 5.21. The molecule has 1 spiro atoms. The van der Waals surface area contributed by atoms with E-state index in [1.807, 2.05) is 46.7 Å². The van der Waals surface area contributed by atoms with Crippen molar-refractivity contribution < 1.29 is 19.1 Å². The SMILES string of the molecule is CCN(CC)C(=O)C[C@@H]1CC2(CCN(C(=O)N3CCOCC3)CC2)Oc2ccccc21. The van der Waals surface area contributed by atoms with Gasteiger partial charge in [0.1, 0.15) is 11.4 Å². The second-order valence-corrected chi connectivity index (χ2v) is 8.86. The number of rotatable bonds is 4. The first-order chi connectivity index (χ1) is 15.0. The molecule has 1 atom stereocenters. The number of morpholine rings is 1. The molecule has 0 N–H and O–H groups in total. The summed E-state index contributed by atoms with van der Waals surface area (Å²) in [7, 11) is 0. The van der Waals surface area contributed by atoms with Crippen LogP contribution in [0.5, 0.6) is 5.75 Å². The normalized spacial score (nSPS) is 22.6. The van der Waals surface area contributed by atoms with Gasteiger partial charge in [0.05, 0.1) is 13.2 Å². The third-order valence-corrected chi connectivity index (χ3v) is 7.07. The highest BCUT2D eigenvalue weighted by Gasteiger charge is 2.45. The number of piperidine rings is 1. The van der Waals surface area contributed by atoms with E-state index in [9.17, 15) is 9.59 Å². The van der Waals surface area contributed by atoms with Crippen molar-refractivity contribution in [2.75, 3.05) is 52.5 Å². The number of amides is 3. The maximum Gasteiger partial charge on any atom is 0.320 e. The van der Waals surface area contributed by atoms with Crippen molar-refractivity contribution in [1.29, 1.82) is 0 Å². The second-order valence-electron chi connectivity index (χ2n) is 8.86. The summed E-state index contributed by atoms with van der Waals surface area (Å²) in [6.45, 7) is 9.49. The lowest BCUT2D eigenvalue weighted by atomic mass is 9.76. The molecule has 0 radical (unpaired) electrons. The molecule has 4 rings (SSSR count). The molecule has 3 aliphatic heterocycles. The Labute approximate surface area is 185 Å². The smallest absolute Gasteiger partial charge is 0.320 e. The van der Waals surface area contributed by atoms with Gasteiger partial charge in [0.25, 0.3) is 0 Å². The van der Waals surface area contributed by atoms with Gasteiger partial charge in [-0.1, -0.05) is 18.2 Å². The predicted molar refractivity (Wildman–Crippen MR) is 118 cm³/mol. The van der Waals surface area contributed by atoms with Crippen molar-refractivity contribution in [3.05, 3.63) is 29.8 Å². The molecule has 170 valence electrons. The van der Waals surface area contributed by atoms with Gasteiger partial charge in [-0.2, -0.15) is 0 Å². The molecule has 2 saturated heterocycles. The van der Waals surface area contributed by atoms with Gasteiger partial charge in [-0.05, 0) is 31.9 Å². The monoisotopic (exact) mass is 429 g/mol. The van der Waals surface area contributed by atoms with Crippen molar-refractivity contribution in [2.45, 2.75) is 51.0 Å². The van der Waals surface area contributed by atoms with Crippen molar-refractivity contribution in [3.63, 3.8) is 0 Å². The van der Waals surface area contributed by atoms with Crippen molar-refractivity contribution in [2.24, 2.45) is 0 Å². The van der Waals surface area contributed by atoms with Gasteiger partial charge >= 0.3 is 6.03 Å². The highest BCUT2D eigenvalue weighted by Crippen LogP contribution is 2.46. The van der Waals surface area contributed by atoms with E-state index in [2.05, 4.69) is 6.07 Å². The van der Waals surface area contributed by atoms with Crippen LogP contribution in [0.4, 0.5) is 4.79 Å². The summed E-state index contributed by atoms with van der Waals surface area (Å²) < 4.78 is 11.9. The first-order valence-corrected chi connectivity index (χ1v) is 11.7. The molecule has 0 aliphatic carbocycles. The second kappa shape index (κ2) is 9.47. The van der Waals surface area contributed by atoms with Crippen LogP contribution >= 0.6 is 0 Å². The molecule has 1 aromatic rings. The molecule has 7 nitrogen and oxygen atoms in total. The Morgan fingerprint density at radius 2 is 1.68 bits per heavy atom. The maximum absolute atomic E-state index is 12.9. The molecular formula is C24H35N3O4. The van der Waals surface area contributed by atoms with Crippen LogP contribution in [0.2, 0.25) is 0 Å². The van der Waals surface area contributed by atoms with E-state index < -0.39 is 0 Å². The van der Waals surface area contributed by atoms with E-state index in [4.69, 9.17) is 9.47 Å². The Morgan fingerprint density at radius 1 is 1.03 bits per heavy atom. The fraction of sp³-hybridized carbons (Fsp3) is 0.667. The van der Waals surface area contributed by atoms with Gasteiger partial charge in [0.2, 0.25) is 5.91 Å². The topological polar surface area (TPSA) is 62.3 Å². The third-order valence-electron chi connectivity index (χ3n) is 7.07. The molecule has 0 bridgehead atoms. The van der Waals surface area contributed by atoms with Gasteiger partial charge in [-0.3, -0.25) is 4.79 Å². The van der Waals surface area contributed by atoms with Crippen molar-refractivity contribution in [1.82, 2.24) is 14.7 Å². The Morgan fingerprint density at radius 3 is 2.35 bits per heavy atom. The van der Waals surface area contributed by atoms with Gasteiger partial charge < -0.3 is 24.2 Å². The summed E-state index contributed by atoms with van der Waals surface area (Å²) in [5.41, 5.74) is 0.838. The average molecular weight is 430 g/mol. The van der Waals surface area contributed by atoms with Crippen molar-refractivity contribution >= 4 is 11.9 Å². The number of carbonyl (C=O) groups is 2. The lowest BCUT2D eigenvalue weighted by molar-refractivity contribution is -0.131. The van der Waals surface area contributed by atoms with E-state index in [0.717, 1.165) is 43.7 Å². The number of carbonyl (C=O) groups excluding carboxylic acids is 2. The lowest BCUT2D eigenvalue weighted by Crippen LogP contribution is -2.55. The van der Waals surface area contributed by atoms with Crippen LogP contribution in [0.1, 0.15) is 51.0 Å². The first-order valence-electron chi connectivity index (χ1n) is 11.7. The fourth-order valence-corrected chi connectivity index (χ4v) is 5.21. The number of hydrogen-bond acceptors (Lipinski definition) is 4. The van der Waals surface area contributed by atoms with Gasteiger partial charge in [0.15, 0.2) is 0 Å². The first kappa shape index (κ1) is 21.9. The molecule has 31 heavy (non-hydrogen) atoms. The van der Waals surface area contributed by atoms with Crippen LogP contribution in [-0.4, -0.2) is 84.7 Å². The Bertz CT molecular complexity index is 781. The van der Waals surface area contributed by atoms with E-state index in [-0.39, 0.29) is 23.5 Å². The van der Waals surface area contributed by atoms with E-state index >= 15 is 0 Å². The van der Waals surface area contributed by atoms with Crippen LogP contribution in [0.15, 0.2) is 24.3 Å². The predicted octanol–water partition coefficient (Wildman–Crippen LogP) is 3.10. The number of urea groups is 1. The summed E-state index contributed by atoms with van der Waals surface area (Å²) in [6.07, 6.45) is 2.94. The van der Waals surface area contributed by atoms with Crippen LogP contribution in [-0.2, 0) is 9.53 Å². The largest absolute Gasteiger partial charge is 0.487 e. The molecule has 0 saturated carbocycles. The zero-order chi connectivity index (χ0) is 21.8. The Hall–Kier alpha value is -2.28. The molecular weight excluding hydrogens is 394 g/mol. The molecule has 3 aliphatic rings. The molecule has 3 amide bonds. The summed E-state index contributed by atoms with van der Waals surface area (Å²) in [5.74, 6) is 1.26. The third kappa shape index (κ3) is 4.66. The number of benzene rings is 1. The van der Waals surface area contributed by atoms with E-state index in [1.165, 1.54) is 0 Å². The van der Waals surface area contributed by atoms with Gasteiger partial charge in [0, 0.05) is 64.4 Å². The molecule has 3 heterocycles. The summed E-state index contributed by atoms with van der Waals surface area (Å²) in [5, 5.41) is 0. The van der Waals surface area contributed by atoms with Gasteiger partial charge in [-0.25, -0.2) is 4.79 Å². The number of hydrogen-bond donors (Lipinski definition) is 0. The molecule has 7 heteroatoms.